The van der Waals surface area contributed by atoms with Gasteiger partial charge < -0.3 is 19.4 Å². The summed E-state index contributed by atoms with van der Waals surface area (Å²) in [6.45, 7) is 0. The normalized spacial score (nSPS) is 11.2. The molecule has 0 amide bonds. The quantitative estimate of drug-likeness (QED) is 0.0979. The van der Waals surface area contributed by atoms with E-state index in [1.807, 2.05) is 12.1 Å². The molecule has 0 radical (unpaired) electrons. The molecule has 624 valence electrons. The summed E-state index contributed by atoms with van der Waals surface area (Å²) in [6.07, 6.45) is 0. The highest BCUT2D eigenvalue weighted by atomic mass is 79.9. The summed E-state index contributed by atoms with van der Waals surface area (Å²) < 4.78 is 24.7. The molecule has 0 fully saturated rings. The Hall–Kier alpha value is -16.3. The molecule has 0 aliphatic carbocycles. The van der Waals surface area contributed by atoms with E-state index in [0.29, 0.717) is 0 Å². The van der Waals surface area contributed by atoms with E-state index in [4.69, 9.17) is 8.75 Å². The average molecular weight is 1790 g/mol. The van der Waals surface area contributed by atoms with E-state index in [-0.39, 0.29) is 2.85 Å². The number of halogens is 1. The lowest BCUT2D eigenvalue weighted by Crippen LogP contribution is -2.10. The predicted octanol–water partition coefficient (Wildman–Crippen LogP) is 34.4. The van der Waals surface area contributed by atoms with E-state index in [1.165, 1.54) is 156 Å². The van der Waals surface area contributed by atoms with Gasteiger partial charge in [-0.15, -0.1) is 0 Å². The minimum absolute atomic E-state index is 0. The van der Waals surface area contributed by atoms with Gasteiger partial charge in [0.15, 0.2) is 0 Å². The van der Waals surface area contributed by atoms with Crippen LogP contribution in [0.5, 0.6) is 0 Å². The molecule has 0 saturated heterocycles. The first-order valence-corrected chi connectivity index (χ1v) is 46.1. The van der Waals surface area contributed by atoms with Gasteiger partial charge in [-0.2, -0.15) is 17.5 Å². The van der Waals surface area contributed by atoms with E-state index < -0.39 is 0 Å². The number of hydrogen-bond donors (Lipinski definition) is 1. The molecule has 1 N–H and O–H groups in total. The van der Waals surface area contributed by atoms with Crippen molar-refractivity contribution in [2.45, 2.75) is 0 Å². The van der Waals surface area contributed by atoms with Crippen LogP contribution in [0.2, 0.25) is 0 Å². The largest absolute Gasteiger partial charge is 0.356 e. The second-order valence-electron chi connectivity index (χ2n) is 32.5. The van der Waals surface area contributed by atoms with Crippen LogP contribution < -0.4 is 10.2 Å². The zero-order valence-electron chi connectivity index (χ0n) is 71.0. The van der Waals surface area contributed by atoms with Crippen LogP contribution in [0.25, 0.3) is 188 Å². The second-order valence-corrected chi connectivity index (χ2v) is 34.4. The van der Waals surface area contributed by atoms with Gasteiger partial charge in [-0.3, -0.25) is 0 Å². The van der Waals surface area contributed by atoms with Crippen molar-refractivity contribution in [1.29, 1.82) is 0 Å². The lowest BCUT2D eigenvalue weighted by molar-refractivity contribution is 1.18. The minimum Gasteiger partial charge on any atom is -0.356 e. The van der Waals surface area contributed by atoms with E-state index in [2.05, 4.69) is 517 Å². The monoisotopic (exact) mass is 1780 g/mol. The van der Waals surface area contributed by atoms with Crippen LogP contribution in [-0.2, 0) is 0 Å². The maximum Gasteiger partial charge on any atom is 0.129 e. The molecule has 4 aromatic heterocycles. The van der Waals surface area contributed by atoms with Gasteiger partial charge >= 0.3 is 0 Å². The Labute approximate surface area is 779 Å². The Morgan fingerprint density at radius 1 is 0.214 bits per heavy atom. The lowest BCUT2D eigenvalue weighted by atomic mass is 10.0. The van der Waals surface area contributed by atoms with Crippen LogP contribution in [0.1, 0.15) is 2.85 Å². The van der Waals surface area contributed by atoms with Crippen molar-refractivity contribution >= 4 is 134 Å². The Morgan fingerprint density at radius 3 is 0.756 bits per heavy atom. The fourth-order valence-electron chi connectivity index (χ4n) is 18.0. The second kappa shape index (κ2) is 36.2. The van der Waals surface area contributed by atoms with Crippen molar-refractivity contribution in [1.82, 2.24) is 26.6 Å². The summed E-state index contributed by atoms with van der Waals surface area (Å²) in [5.74, 6) is 0. The molecule has 24 rings (SSSR count). The molecular formula is C120H85BrN8S2. The van der Waals surface area contributed by atoms with Crippen molar-refractivity contribution in [2.24, 2.45) is 0 Å². The van der Waals surface area contributed by atoms with Crippen molar-refractivity contribution in [3.63, 3.8) is 0 Å². The number of nitrogens with one attached hydrogen (secondary N) is 1. The molecule has 4 heterocycles. The van der Waals surface area contributed by atoms with Crippen LogP contribution in [0.3, 0.4) is 0 Å². The lowest BCUT2D eigenvalue weighted by Gasteiger charge is -2.26. The third kappa shape index (κ3) is 16.5. The molecule has 0 aliphatic rings. The predicted molar refractivity (Wildman–Crippen MR) is 561 cm³/mol. The summed E-state index contributed by atoms with van der Waals surface area (Å²) in [5.41, 5.74) is 39.4. The van der Waals surface area contributed by atoms with Crippen molar-refractivity contribution < 1.29 is 2.85 Å². The van der Waals surface area contributed by atoms with Gasteiger partial charge in [0.05, 0.1) is 51.2 Å². The van der Waals surface area contributed by atoms with E-state index in [9.17, 15) is 0 Å². The fourth-order valence-corrected chi connectivity index (χ4v) is 19.6. The molecule has 131 heavy (non-hydrogen) atoms. The van der Waals surface area contributed by atoms with Gasteiger partial charge in [-0.1, -0.05) is 346 Å². The van der Waals surface area contributed by atoms with Crippen LogP contribution in [-0.4, -0.2) is 26.6 Å². The number of hydrogen-bond acceptors (Lipinski definition) is 8. The van der Waals surface area contributed by atoms with Gasteiger partial charge in [0.2, 0.25) is 0 Å². The minimum atomic E-state index is 0. The average Bonchev–Trinajstić information content (AvgIpc) is 1.59. The first kappa shape index (κ1) is 80.5. The topological polar surface area (TPSA) is 76.7 Å². The number of anilines is 5. The standard InChI is InChI=1S/C60H40N4S.C36H22BrN3S.C24H19N.2H2/c1-5-13-41(14-6-1)45-21-29-50(30-22-45)63(51-31-23-46(24-32-51)42-15-7-2-8-16-42)58-38-35-53(59-60(58)62-65-61-59)47-25-33-52(34-26-47)64-56-36-27-48(43-17-9-3-10-18-43)39-54(56)55-40-49(28-37-57(55)64)44-19-11-4-12-20-44;37-32-18-17-29(35-36(32)39-41-38-35)25-11-15-28(16-12-25)40-33-19-13-26(23-7-3-1-4-8-23)21-30(33)31-22-27(14-20-34(31)40)24-9-5-2-6-10-24;1-3-7-19(8-4-1)21-11-15-23(16-12-21)25-24-17-13-22(14-18-24)20-9-5-2-6-10-20;;/h1-40H;1-22H;1-18,25H;2*1H/i;;;2*1+1. The smallest absolute Gasteiger partial charge is 0.129 e. The Bertz CT molecular complexity index is 7800. The third-order valence-corrected chi connectivity index (χ3v) is 26.3. The van der Waals surface area contributed by atoms with Crippen LogP contribution in [0.4, 0.5) is 28.4 Å². The molecule has 0 spiro atoms. The molecule has 0 saturated carbocycles. The first-order valence-electron chi connectivity index (χ1n) is 43.8. The van der Waals surface area contributed by atoms with Gasteiger partial charge in [0, 0.05) is 74.1 Å². The molecule has 24 aromatic rings. The Balaban J connectivity index is 0.000000137. The third-order valence-electron chi connectivity index (χ3n) is 24.6. The number of fused-ring (bicyclic) bond motifs is 8. The summed E-state index contributed by atoms with van der Waals surface area (Å²) in [5, 5.41) is 8.40. The van der Waals surface area contributed by atoms with E-state index >= 15 is 0 Å². The first-order chi connectivity index (χ1) is 64.9. The van der Waals surface area contributed by atoms with E-state index in [0.717, 1.165) is 88.6 Å². The molecule has 8 nitrogen and oxygen atoms in total. The maximum absolute atomic E-state index is 4.98. The molecule has 11 heteroatoms. The number of aromatic nitrogens is 6. The zero-order chi connectivity index (χ0) is 87.3. The summed E-state index contributed by atoms with van der Waals surface area (Å²) in [7, 11) is 0. The Kier molecular flexibility index (Phi) is 22.3. The highest BCUT2D eigenvalue weighted by Crippen LogP contribution is 2.46. The highest BCUT2D eigenvalue weighted by molar-refractivity contribution is 9.10. The summed E-state index contributed by atoms with van der Waals surface area (Å²) in [6, 6.07) is 173. The summed E-state index contributed by atoms with van der Waals surface area (Å²) in [4.78, 5) is 2.30. The van der Waals surface area contributed by atoms with Gasteiger partial charge in [-0.05, 0) is 256 Å². The number of rotatable bonds is 17. The highest BCUT2D eigenvalue weighted by Gasteiger charge is 2.24. The van der Waals surface area contributed by atoms with E-state index in [1.54, 1.807) is 0 Å². The molecule has 0 aliphatic heterocycles. The number of benzene rings is 20. The fraction of sp³-hybridized carbons (Fsp3) is 0. The zero-order valence-corrected chi connectivity index (χ0v) is 74.2. The maximum atomic E-state index is 4.98. The SMILES string of the molecule is Brc1ccc(-c2ccc(-n3c4ccc(-c5ccccc5)cc4c4cc(-c5ccccc5)ccc43)cc2)c2nsnc12.[2HH].[2HH].c1ccc(-c2ccc(N(c3ccc(-c4ccccc4)cc3)c3ccc(-c4ccc(-n5c6ccc(-c7ccccc7)cc6c6cc(-c7ccccc7)ccc65)cc4)c4nsnc34)cc2)cc1.c1ccc(-c2ccc(Nc3ccc(-c4ccccc4)cc3)cc2)cc1. The van der Waals surface area contributed by atoms with Crippen molar-refractivity contribution in [3.05, 3.63) is 490 Å². The van der Waals surface area contributed by atoms with Crippen LogP contribution in [0.15, 0.2) is 490 Å². The van der Waals surface area contributed by atoms with Gasteiger partial charge in [0.25, 0.3) is 0 Å². The van der Waals surface area contributed by atoms with Crippen LogP contribution in [0, 0.1) is 0 Å². The molecule has 0 atom stereocenters. The van der Waals surface area contributed by atoms with Crippen LogP contribution >= 0.6 is 39.4 Å². The molecule has 0 bridgehead atoms. The molecular weight excluding hydrogens is 1700 g/mol. The summed E-state index contributed by atoms with van der Waals surface area (Å²) >= 11 is 6.11. The van der Waals surface area contributed by atoms with Gasteiger partial charge in [0.1, 0.15) is 22.1 Å². The van der Waals surface area contributed by atoms with Crippen molar-refractivity contribution in [3.8, 4) is 123 Å². The molecule has 0 unspecified atom stereocenters. The Morgan fingerprint density at radius 2 is 0.450 bits per heavy atom. The molecule has 20 aromatic carbocycles. The number of nitrogens with zero attached hydrogens (tertiary/aromatic N) is 7. The van der Waals surface area contributed by atoms with Crippen molar-refractivity contribution in [2.75, 3.05) is 10.2 Å². The van der Waals surface area contributed by atoms with Gasteiger partial charge in [-0.25, -0.2) is 0 Å².